The Balaban J connectivity index is 2.36. The number of nitrogens with zero attached hydrogens (tertiary/aromatic N) is 2. The molecule has 0 aliphatic carbocycles. The lowest BCUT2D eigenvalue weighted by Crippen LogP contribution is -2.38. The number of carbonyl (C=O) groups is 1. The average molecular weight is 218 g/mol. The number of rotatable bonds is 1. The Kier molecular flexibility index (Phi) is 2.64. The van der Waals surface area contributed by atoms with Gasteiger partial charge in [0.15, 0.2) is 0 Å². The molecule has 0 atom stereocenters. The van der Waals surface area contributed by atoms with Gasteiger partial charge in [-0.15, -0.1) is 0 Å². The minimum absolute atomic E-state index is 0.0446. The van der Waals surface area contributed by atoms with E-state index in [4.69, 9.17) is 0 Å². The summed E-state index contributed by atoms with van der Waals surface area (Å²) in [5, 5.41) is 0. The Morgan fingerprint density at radius 2 is 2.31 bits per heavy atom. The van der Waals surface area contributed by atoms with Crippen LogP contribution in [0, 0.1) is 0 Å². The van der Waals surface area contributed by atoms with E-state index >= 15 is 0 Å². The van der Waals surface area contributed by atoms with Gasteiger partial charge >= 0.3 is 0 Å². The van der Waals surface area contributed by atoms with Crippen molar-refractivity contribution in [1.82, 2.24) is 9.47 Å². The van der Waals surface area contributed by atoms with Crippen molar-refractivity contribution in [2.45, 2.75) is 13.0 Å². The summed E-state index contributed by atoms with van der Waals surface area (Å²) in [5.74, 6) is -0.0775. The van der Waals surface area contributed by atoms with E-state index in [2.05, 4.69) is 6.58 Å². The zero-order valence-electron chi connectivity index (χ0n) is 9.27. The van der Waals surface area contributed by atoms with E-state index in [-0.39, 0.29) is 11.5 Å². The van der Waals surface area contributed by atoms with Crippen LogP contribution in [-0.4, -0.2) is 21.9 Å². The molecule has 0 aromatic carbocycles. The van der Waals surface area contributed by atoms with Crippen molar-refractivity contribution in [1.29, 1.82) is 0 Å². The summed E-state index contributed by atoms with van der Waals surface area (Å²) in [6.07, 6.45) is 3.68. The molecule has 0 radical (unpaired) electrons. The summed E-state index contributed by atoms with van der Waals surface area (Å²) in [4.78, 5) is 25.0. The minimum atomic E-state index is -0.0775. The number of aromatic nitrogens is 1. The Morgan fingerprint density at radius 3 is 3.00 bits per heavy atom. The van der Waals surface area contributed by atoms with Crippen LogP contribution in [0.1, 0.15) is 11.1 Å². The van der Waals surface area contributed by atoms with Gasteiger partial charge in [-0.1, -0.05) is 6.58 Å². The van der Waals surface area contributed by atoms with Crippen LogP contribution in [0.5, 0.6) is 0 Å². The maximum absolute atomic E-state index is 11.8. The molecule has 1 aliphatic rings. The monoisotopic (exact) mass is 218 g/mol. The number of fused-ring (bicyclic) bond motifs is 1. The van der Waals surface area contributed by atoms with Crippen molar-refractivity contribution < 1.29 is 4.79 Å². The zero-order valence-corrected chi connectivity index (χ0v) is 9.27. The first-order valence-electron chi connectivity index (χ1n) is 5.22. The number of hydrogen-bond acceptors (Lipinski definition) is 2. The van der Waals surface area contributed by atoms with Gasteiger partial charge in [-0.3, -0.25) is 9.59 Å². The molecule has 1 aromatic rings. The van der Waals surface area contributed by atoms with E-state index < -0.39 is 0 Å². The second-order valence-corrected chi connectivity index (χ2v) is 3.95. The smallest absolute Gasteiger partial charge is 0.253 e. The van der Waals surface area contributed by atoms with Crippen molar-refractivity contribution in [3.05, 3.63) is 46.4 Å². The number of aryl methyl sites for hydroxylation is 1. The molecular weight excluding hydrogens is 204 g/mol. The first kappa shape index (κ1) is 10.7. The molecule has 1 amide bonds. The molecule has 0 fully saturated rings. The predicted octanol–water partition coefficient (Wildman–Crippen LogP) is 0.456. The van der Waals surface area contributed by atoms with Crippen molar-refractivity contribution >= 4 is 5.91 Å². The van der Waals surface area contributed by atoms with Gasteiger partial charge in [0.2, 0.25) is 5.91 Å². The standard InChI is InChI=1S/C12H14N2O2/c1-3-11(15)14-7-5-10-9(8-14)4-6-13(2)12(10)16/h3-4,6H,1,5,7-8H2,2H3. The van der Waals surface area contributed by atoms with Gasteiger partial charge in [0.1, 0.15) is 0 Å². The lowest BCUT2D eigenvalue weighted by Gasteiger charge is -2.27. The molecule has 0 saturated heterocycles. The largest absolute Gasteiger partial charge is 0.335 e. The number of amides is 1. The van der Waals surface area contributed by atoms with Crippen molar-refractivity contribution in [3.8, 4) is 0 Å². The first-order chi connectivity index (χ1) is 7.63. The average Bonchev–Trinajstić information content (AvgIpc) is 2.32. The number of carbonyl (C=O) groups excluding carboxylic acids is 1. The van der Waals surface area contributed by atoms with Gasteiger partial charge in [-0.05, 0) is 24.1 Å². The number of pyridine rings is 1. The van der Waals surface area contributed by atoms with E-state index in [1.807, 2.05) is 6.07 Å². The molecule has 0 bridgehead atoms. The quantitative estimate of drug-likeness (QED) is 0.642. The Morgan fingerprint density at radius 1 is 1.56 bits per heavy atom. The fourth-order valence-electron chi connectivity index (χ4n) is 1.98. The summed E-state index contributed by atoms with van der Waals surface area (Å²) in [7, 11) is 1.74. The maximum Gasteiger partial charge on any atom is 0.253 e. The molecule has 84 valence electrons. The Labute approximate surface area is 93.8 Å². The third kappa shape index (κ3) is 1.66. The fourth-order valence-corrected chi connectivity index (χ4v) is 1.98. The van der Waals surface area contributed by atoms with Crippen LogP contribution in [0.4, 0.5) is 0 Å². The van der Waals surface area contributed by atoms with E-state index in [1.54, 1.807) is 22.7 Å². The highest BCUT2D eigenvalue weighted by Gasteiger charge is 2.21. The molecule has 2 rings (SSSR count). The molecule has 0 saturated carbocycles. The van der Waals surface area contributed by atoms with E-state index in [0.717, 1.165) is 11.1 Å². The summed E-state index contributed by atoms with van der Waals surface area (Å²) in [6, 6.07) is 1.90. The van der Waals surface area contributed by atoms with Gasteiger partial charge < -0.3 is 9.47 Å². The molecular formula is C12H14N2O2. The van der Waals surface area contributed by atoms with E-state index in [1.165, 1.54) is 6.08 Å². The van der Waals surface area contributed by atoms with Crippen LogP contribution in [0.3, 0.4) is 0 Å². The van der Waals surface area contributed by atoms with Gasteiger partial charge in [0.05, 0.1) is 0 Å². The number of hydrogen-bond donors (Lipinski definition) is 0. The normalized spacial score (nSPS) is 14.4. The van der Waals surface area contributed by atoms with Crippen LogP contribution in [-0.2, 0) is 24.8 Å². The lowest BCUT2D eigenvalue weighted by molar-refractivity contribution is -0.126. The van der Waals surface area contributed by atoms with Crippen LogP contribution in [0.25, 0.3) is 0 Å². The van der Waals surface area contributed by atoms with Gasteiger partial charge in [-0.25, -0.2) is 0 Å². The first-order valence-corrected chi connectivity index (χ1v) is 5.22. The maximum atomic E-state index is 11.8. The highest BCUT2D eigenvalue weighted by molar-refractivity contribution is 5.87. The molecule has 0 unspecified atom stereocenters. The molecule has 4 nitrogen and oxygen atoms in total. The van der Waals surface area contributed by atoms with Crippen molar-refractivity contribution in [3.63, 3.8) is 0 Å². The van der Waals surface area contributed by atoms with E-state index in [0.29, 0.717) is 19.5 Å². The molecule has 2 heterocycles. The highest BCUT2D eigenvalue weighted by Crippen LogP contribution is 2.15. The molecule has 0 spiro atoms. The lowest BCUT2D eigenvalue weighted by atomic mass is 10.0. The van der Waals surface area contributed by atoms with Crippen LogP contribution >= 0.6 is 0 Å². The fraction of sp³-hybridized carbons (Fsp3) is 0.333. The summed E-state index contributed by atoms with van der Waals surface area (Å²) in [6.45, 7) is 4.57. The zero-order chi connectivity index (χ0) is 11.7. The molecule has 1 aromatic heterocycles. The third-order valence-electron chi connectivity index (χ3n) is 2.94. The Hall–Kier alpha value is -1.84. The molecule has 1 aliphatic heterocycles. The SMILES string of the molecule is C=CC(=O)N1CCc2c(ccn(C)c2=O)C1. The summed E-state index contributed by atoms with van der Waals surface area (Å²) < 4.78 is 1.57. The van der Waals surface area contributed by atoms with Gasteiger partial charge in [-0.2, -0.15) is 0 Å². The Bertz CT molecular complexity index is 502. The highest BCUT2D eigenvalue weighted by atomic mass is 16.2. The van der Waals surface area contributed by atoms with E-state index in [9.17, 15) is 9.59 Å². The summed E-state index contributed by atoms with van der Waals surface area (Å²) in [5.41, 5.74) is 1.82. The van der Waals surface area contributed by atoms with Gasteiger partial charge in [0.25, 0.3) is 5.56 Å². The minimum Gasteiger partial charge on any atom is -0.335 e. The van der Waals surface area contributed by atoms with Crippen molar-refractivity contribution in [2.75, 3.05) is 6.54 Å². The molecule has 16 heavy (non-hydrogen) atoms. The van der Waals surface area contributed by atoms with Crippen molar-refractivity contribution in [2.24, 2.45) is 7.05 Å². The topological polar surface area (TPSA) is 42.3 Å². The van der Waals surface area contributed by atoms with Crippen LogP contribution < -0.4 is 5.56 Å². The molecule has 0 N–H and O–H groups in total. The van der Waals surface area contributed by atoms with Crippen LogP contribution in [0.2, 0.25) is 0 Å². The van der Waals surface area contributed by atoms with Gasteiger partial charge in [0, 0.05) is 31.9 Å². The second kappa shape index (κ2) is 3.96. The van der Waals surface area contributed by atoms with Crippen LogP contribution in [0.15, 0.2) is 29.7 Å². The molecule has 4 heteroatoms. The second-order valence-electron chi connectivity index (χ2n) is 3.95. The predicted molar refractivity (Wildman–Crippen MR) is 61.0 cm³/mol. The third-order valence-corrected chi connectivity index (χ3v) is 2.94. The summed E-state index contributed by atoms with van der Waals surface area (Å²) >= 11 is 0.